The number of hydrogen-bond donors (Lipinski definition) is 1. The molecule has 0 aromatic rings. The van der Waals surface area contributed by atoms with E-state index in [-0.39, 0.29) is 5.54 Å². The SMILES string of the molecule is CCC1(CC)CCN(C(C)C(C)CNC(C)(C)C)CC1. The standard InChI is InChI=1S/C18H38N2/c1-8-18(9-2)10-12-20(13-11-18)16(4)15(3)14-19-17(5,6)7/h15-16,19H,8-14H2,1-7H3. The maximum atomic E-state index is 3.65. The molecule has 0 saturated carbocycles. The normalized spacial score (nSPS) is 23.6. The second kappa shape index (κ2) is 7.26. The Bertz CT molecular complexity index is 266. The number of hydrogen-bond acceptors (Lipinski definition) is 2. The fourth-order valence-corrected chi connectivity index (χ4v) is 3.36. The molecule has 0 bridgehead atoms. The van der Waals surface area contributed by atoms with E-state index in [4.69, 9.17) is 0 Å². The summed E-state index contributed by atoms with van der Waals surface area (Å²) in [6.45, 7) is 20.0. The number of rotatable bonds is 6. The highest BCUT2D eigenvalue weighted by molar-refractivity contribution is 4.87. The molecular formula is C18H38N2. The van der Waals surface area contributed by atoms with Crippen LogP contribution in [0.1, 0.15) is 74.1 Å². The Hall–Kier alpha value is -0.0800. The predicted octanol–water partition coefficient (Wildman–Crippen LogP) is 4.30. The van der Waals surface area contributed by atoms with Crippen LogP contribution in [-0.4, -0.2) is 36.1 Å². The van der Waals surface area contributed by atoms with E-state index in [1.54, 1.807) is 0 Å². The molecule has 2 unspecified atom stereocenters. The zero-order valence-electron chi connectivity index (χ0n) is 15.1. The van der Waals surface area contributed by atoms with Crippen molar-refractivity contribution in [2.45, 2.75) is 85.7 Å². The Kier molecular flexibility index (Phi) is 6.53. The molecule has 1 N–H and O–H groups in total. The Morgan fingerprint density at radius 2 is 1.55 bits per heavy atom. The van der Waals surface area contributed by atoms with E-state index in [0.29, 0.717) is 17.4 Å². The van der Waals surface area contributed by atoms with Gasteiger partial charge in [-0.1, -0.05) is 33.6 Å². The van der Waals surface area contributed by atoms with Gasteiger partial charge in [-0.25, -0.2) is 0 Å². The number of piperidine rings is 1. The highest BCUT2D eigenvalue weighted by atomic mass is 15.2. The molecule has 1 aliphatic rings. The smallest absolute Gasteiger partial charge is 0.0105 e. The van der Waals surface area contributed by atoms with Crippen LogP contribution in [-0.2, 0) is 0 Å². The lowest BCUT2D eigenvalue weighted by atomic mass is 9.74. The van der Waals surface area contributed by atoms with E-state index in [1.165, 1.54) is 38.8 Å². The number of nitrogens with zero attached hydrogens (tertiary/aromatic N) is 1. The Labute approximate surface area is 127 Å². The molecule has 0 aromatic carbocycles. The van der Waals surface area contributed by atoms with Gasteiger partial charge in [0, 0.05) is 11.6 Å². The van der Waals surface area contributed by atoms with Crippen molar-refractivity contribution >= 4 is 0 Å². The van der Waals surface area contributed by atoms with Gasteiger partial charge in [-0.05, 0) is 71.5 Å². The maximum Gasteiger partial charge on any atom is 0.0105 e. The summed E-state index contributed by atoms with van der Waals surface area (Å²) in [6.07, 6.45) is 5.49. The van der Waals surface area contributed by atoms with Gasteiger partial charge in [0.25, 0.3) is 0 Å². The van der Waals surface area contributed by atoms with Crippen LogP contribution in [0.25, 0.3) is 0 Å². The van der Waals surface area contributed by atoms with Crippen LogP contribution in [0, 0.1) is 11.3 Å². The molecule has 1 heterocycles. The molecule has 1 fully saturated rings. The fourth-order valence-electron chi connectivity index (χ4n) is 3.36. The first-order chi connectivity index (χ1) is 9.23. The second-order valence-electron chi connectivity index (χ2n) is 8.09. The van der Waals surface area contributed by atoms with E-state index in [1.807, 2.05) is 0 Å². The predicted molar refractivity (Wildman–Crippen MR) is 90.2 cm³/mol. The molecule has 0 spiro atoms. The molecule has 0 radical (unpaired) electrons. The molecule has 0 amide bonds. The highest BCUT2D eigenvalue weighted by Crippen LogP contribution is 2.38. The molecular weight excluding hydrogens is 244 g/mol. The minimum absolute atomic E-state index is 0.232. The first-order valence-corrected chi connectivity index (χ1v) is 8.72. The molecule has 1 aliphatic heterocycles. The lowest BCUT2D eigenvalue weighted by Gasteiger charge is -2.44. The lowest BCUT2D eigenvalue weighted by Crippen LogP contribution is -2.49. The van der Waals surface area contributed by atoms with Crippen LogP contribution in [0.5, 0.6) is 0 Å². The van der Waals surface area contributed by atoms with Crippen LogP contribution in [0.2, 0.25) is 0 Å². The summed E-state index contributed by atoms with van der Waals surface area (Å²) < 4.78 is 0. The van der Waals surface area contributed by atoms with Crippen LogP contribution in [0.3, 0.4) is 0 Å². The van der Waals surface area contributed by atoms with E-state index < -0.39 is 0 Å². The first kappa shape index (κ1) is 18.0. The van der Waals surface area contributed by atoms with Crippen molar-refractivity contribution in [2.24, 2.45) is 11.3 Å². The summed E-state index contributed by atoms with van der Waals surface area (Å²) in [5, 5.41) is 3.65. The third-order valence-corrected chi connectivity index (χ3v) is 5.71. The first-order valence-electron chi connectivity index (χ1n) is 8.72. The quantitative estimate of drug-likeness (QED) is 0.781. The molecule has 120 valence electrons. The summed E-state index contributed by atoms with van der Waals surface area (Å²) in [5.74, 6) is 0.713. The van der Waals surface area contributed by atoms with E-state index in [9.17, 15) is 0 Å². The van der Waals surface area contributed by atoms with Crippen molar-refractivity contribution in [2.75, 3.05) is 19.6 Å². The summed E-state index contributed by atoms with van der Waals surface area (Å²) in [6, 6.07) is 0.691. The summed E-state index contributed by atoms with van der Waals surface area (Å²) in [4.78, 5) is 2.72. The average Bonchev–Trinajstić information content (AvgIpc) is 2.43. The monoisotopic (exact) mass is 282 g/mol. The zero-order valence-corrected chi connectivity index (χ0v) is 15.1. The van der Waals surface area contributed by atoms with Gasteiger partial charge in [-0.2, -0.15) is 0 Å². The van der Waals surface area contributed by atoms with Crippen molar-refractivity contribution in [3.63, 3.8) is 0 Å². The zero-order chi connectivity index (χ0) is 15.4. The van der Waals surface area contributed by atoms with E-state index >= 15 is 0 Å². The van der Waals surface area contributed by atoms with Gasteiger partial charge in [0.1, 0.15) is 0 Å². The van der Waals surface area contributed by atoms with Crippen LogP contribution >= 0.6 is 0 Å². The van der Waals surface area contributed by atoms with Crippen LogP contribution in [0.15, 0.2) is 0 Å². The third-order valence-electron chi connectivity index (χ3n) is 5.71. The fraction of sp³-hybridized carbons (Fsp3) is 1.00. The van der Waals surface area contributed by atoms with Gasteiger partial charge >= 0.3 is 0 Å². The third kappa shape index (κ3) is 5.04. The van der Waals surface area contributed by atoms with Gasteiger partial charge in [-0.15, -0.1) is 0 Å². The molecule has 0 aromatic heterocycles. The number of likely N-dealkylation sites (tertiary alicyclic amines) is 1. The molecule has 20 heavy (non-hydrogen) atoms. The van der Waals surface area contributed by atoms with Crippen molar-refractivity contribution in [1.29, 1.82) is 0 Å². The molecule has 2 heteroatoms. The Balaban J connectivity index is 2.44. The van der Waals surface area contributed by atoms with Gasteiger partial charge in [0.2, 0.25) is 0 Å². The summed E-state index contributed by atoms with van der Waals surface area (Å²) in [7, 11) is 0. The van der Waals surface area contributed by atoms with Crippen molar-refractivity contribution in [1.82, 2.24) is 10.2 Å². The lowest BCUT2D eigenvalue weighted by molar-refractivity contribution is 0.0533. The summed E-state index contributed by atoms with van der Waals surface area (Å²) in [5.41, 5.74) is 0.874. The van der Waals surface area contributed by atoms with Crippen molar-refractivity contribution in [3.05, 3.63) is 0 Å². The van der Waals surface area contributed by atoms with Crippen molar-refractivity contribution < 1.29 is 0 Å². The van der Waals surface area contributed by atoms with Gasteiger partial charge in [0.15, 0.2) is 0 Å². The van der Waals surface area contributed by atoms with Gasteiger partial charge in [-0.3, -0.25) is 0 Å². The van der Waals surface area contributed by atoms with Crippen LogP contribution in [0.4, 0.5) is 0 Å². The van der Waals surface area contributed by atoms with E-state index in [2.05, 4.69) is 58.7 Å². The molecule has 2 nitrogen and oxygen atoms in total. The van der Waals surface area contributed by atoms with Gasteiger partial charge in [0.05, 0.1) is 0 Å². The van der Waals surface area contributed by atoms with Crippen molar-refractivity contribution in [3.8, 4) is 0 Å². The van der Waals surface area contributed by atoms with Crippen LogP contribution < -0.4 is 5.32 Å². The topological polar surface area (TPSA) is 15.3 Å². The summed E-state index contributed by atoms with van der Waals surface area (Å²) >= 11 is 0. The number of nitrogens with one attached hydrogen (secondary N) is 1. The maximum absolute atomic E-state index is 3.65. The Morgan fingerprint density at radius 1 is 1.05 bits per heavy atom. The molecule has 0 aliphatic carbocycles. The molecule has 1 saturated heterocycles. The minimum Gasteiger partial charge on any atom is -0.312 e. The minimum atomic E-state index is 0.232. The van der Waals surface area contributed by atoms with E-state index in [0.717, 1.165) is 6.54 Å². The highest BCUT2D eigenvalue weighted by Gasteiger charge is 2.33. The second-order valence-corrected chi connectivity index (χ2v) is 8.09. The molecule has 1 rings (SSSR count). The average molecular weight is 283 g/mol. The Morgan fingerprint density at radius 3 is 1.95 bits per heavy atom. The van der Waals surface area contributed by atoms with Gasteiger partial charge < -0.3 is 10.2 Å². The largest absolute Gasteiger partial charge is 0.312 e. The molecule has 2 atom stereocenters.